The molecule has 160 valence electrons. The third-order valence-electron chi connectivity index (χ3n) is 3.87. The molecule has 0 saturated carbocycles. The first kappa shape index (κ1) is 24.4. The van der Waals surface area contributed by atoms with Gasteiger partial charge in [-0.15, -0.1) is 0 Å². The van der Waals surface area contributed by atoms with Gasteiger partial charge in [0.25, 0.3) is 11.8 Å². The average molecular weight is 412 g/mol. The number of para-hydroxylation sites is 1. The smallest absolute Gasteiger partial charge is 0.267 e. The molecule has 0 atom stereocenters. The zero-order valence-corrected chi connectivity index (χ0v) is 17.5. The molecular weight excluding hydrogens is 384 g/mol. The van der Waals surface area contributed by atoms with E-state index in [1.807, 2.05) is 86.5 Å². The van der Waals surface area contributed by atoms with Crippen LogP contribution in [0.2, 0.25) is 0 Å². The van der Waals surface area contributed by atoms with Crippen molar-refractivity contribution in [3.05, 3.63) is 71.8 Å². The molecule has 2 aromatic carbocycles. The second kappa shape index (κ2) is 12.8. The van der Waals surface area contributed by atoms with Crippen LogP contribution in [0.15, 0.2) is 60.7 Å². The van der Waals surface area contributed by atoms with Crippen molar-refractivity contribution in [2.75, 3.05) is 38.0 Å². The van der Waals surface area contributed by atoms with Gasteiger partial charge >= 0.3 is 0 Å². The highest BCUT2D eigenvalue weighted by molar-refractivity contribution is 5.92. The predicted molar refractivity (Wildman–Crippen MR) is 119 cm³/mol. The van der Waals surface area contributed by atoms with Crippen LogP contribution in [0.25, 0.3) is 12.2 Å². The van der Waals surface area contributed by atoms with E-state index in [4.69, 9.17) is 10.4 Å². The van der Waals surface area contributed by atoms with E-state index < -0.39 is 11.8 Å². The van der Waals surface area contributed by atoms with E-state index in [1.54, 1.807) is 17.6 Å². The van der Waals surface area contributed by atoms with Crippen molar-refractivity contribution in [2.24, 2.45) is 0 Å². The molecule has 0 aliphatic carbocycles. The second-order valence-corrected chi connectivity index (χ2v) is 6.56. The van der Waals surface area contributed by atoms with Gasteiger partial charge in [-0.05, 0) is 41.5 Å². The summed E-state index contributed by atoms with van der Waals surface area (Å²) in [6, 6.07) is 15.4. The normalized spacial score (nSPS) is 10.3. The van der Waals surface area contributed by atoms with Crippen LogP contribution in [0.3, 0.4) is 0 Å². The Balaban J connectivity index is 0.000000300. The summed E-state index contributed by atoms with van der Waals surface area (Å²) in [7, 11) is 7.75. The quantitative estimate of drug-likeness (QED) is 0.330. The number of anilines is 2. The predicted octanol–water partition coefficient (Wildman–Crippen LogP) is 2.54. The maximum atomic E-state index is 10.8. The van der Waals surface area contributed by atoms with E-state index >= 15 is 0 Å². The van der Waals surface area contributed by atoms with Crippen molar-refractivity contribution in [2.45, 2.75) is 0 Å². The third-order valence-corrected chi connectivity index (χ3v) is 3.87. The van der Waals surface area contributed by atoms with Crippen LogP contribution < -0.4 is 20.8 Å². The van der Waals surface area contributed by atoms with Gasteiger partial charge in [0.05, 0.1) is 0 Å². The monoisotopic (exact) mass is 412 g/mol. The van der Waals surface area contributed by atoms with Gasteiger partial charge in [-0.1, -0.05) is 30.3 Å². The van der Waals surface area contributed by atoms with Crippen molar-refractivity contribution < 1.29 is 20.0 Å². The number of hydrogen-bond donors (Lipinski definition) is 4. The van der Waals surface area contributed by atoms with Gasteiger partial charge in [-0.2, -0.15) is 0 Å². The van der Waals surface area contributed by atoms with Crippen LogP contribution in [0.4, 0.5) is 11.4 Å². The van der Waals surface area contributed by atoms with Crippen molar-refractivity contribution in [1.29, 1.82) is 0 Å². The van der Waals surface area contributed by atoms with Gasteiger partial charge in [0, 0.05) is 51.7 Å². The third kappa shape index (κ3) is 8.59. The lowest BCUT2D eigenvalue weighted by Crippen LogP contribution is -2.15. The molecule has 30 heavy (non-hydrogen) atoms. The molecule has 0 aromatic heterocycles. The van der Waals surface area contributed by atoms with Crippen LogP contribution in [0.1, 0.15) is 11.1 Å². The Morgan fingerprint density at radius 1 is 0.800 bits per heavy atom. The fourth-order valence-electron chi connectivity index (χ4n) is 2.35. The summed E-state index contributed by atoms with van der Waals surface area (Å²) in [4.78, 5) is 25.5. The maximum Gasteiger partial charge on any atom is 0.267 e. The van der Waals surface area contributed by atoms with E-state index in [0.717, 1.165) is 22.5 Å². The Morgan fingerprint density at radius 2 is 1.40 bits per heavy atom. The molecule has 0 aliphatic heterocycles. The van der Waals surface area contributed by atoms with Gasteiger partial charge < -0.3 is 9.80 Å². The van der Waals surface area contributed by atoms with E-state index in [1.165, 1.54) is 17.6 Å². The Labute approximate surface area is 176 Å². The highest BCUT2D eigenvalue weighted by Gasteiger charge is 2.00. The Bertz CT molecular complexity index is 892. The lowest BCUT2D eigenvalue weighted by atomic mass is 10.1. The number of nitrogens with zero attached hydrogens (tertiary/aromatic N) is 2. The number of hydrogen-bond acceptors (Lipinski definition) is 6. The molecule has 0 saturated heterocycles. The number of carbonyl (C=O) groups is 2. The largest absolute Gasteiger partial charge is 0.378 e. The van der Waals surface area contributed by atoms with Gasteiger partial charge in [0.1, 0.15) is 0 Å². The lowest BCUT2D eigenvalue weighted by molar-refractivity contribution is -0.124. The summed E-state index contributed by atoms with van der Waals surface area (Å²) in [5.41, 5.74) is 6.98. The van der Waals surface area contributed by atoms with Crippen molar-refractivity contribution in [1.82, 2.24) is 11.0 Å². The molecule has 0 unspecified atom stereocenters. The van der Waals surface area contributed by atoms with Crippen LogP contribution in [-0.2, 0) is 9.59 Å². The minimum Gasteiger partial charge on any atom is -0.378 e. The molecule has 0 heterocycles. The minimum atomic E-state index is -0.538. The molecule has 0 bridgehead atoms. The zero-order valence-electron chi connectivity index (χ0n) is 17.5. The van der Waals surface area contributed by atoms with Gasteiger partial charge in [0.15, 0.2) is 0 Å². The molecule has 0 fully saturated rings. The molecule has 8 heteroatoms. The molecular formula is C22H28N4O4. The van der Waals surface area contributed by atoms with Crippen LogP contribution in [0.5, 0.6) is 0 Å². The zero-order chi connectivity index (χ0) is 22.5. The summed E-state index contributed by atoms with van der Waals surface area (Å²) in [5, 5.41) is 16.6. The summed E-state index contributed by atoms with van der Waals surface area (Å²) < 4.78 is 0. The fourth-order valence-corrected chi connectivity index (χ4v) is 2.35. The minimum absolute atomic E-state index is 0.537. The molecule has 2 amide bonds. The topological polar surface area (TPSA) is 105 Å². The average Bonchev–Trinajstić information content (AvgIpc) is 2.76. The number of nitrogens with one attached hydrogen (secondary N) is 2. The van der Waals surface area contributed by atoms with Gasteiger partial charge in [0.2, 0.25) is 0 Å². The van der Waals surface area contributed by atoms with E-state index in [-0.39, 0.29) is 0 Å². The summed E-state index contributed by atoms with van der Waals surface area (Å²) in [6.07, 6.45) is 5.84. The Morgan fingerprint density at radius 3 is 1.97 bits per heavy atom. The van der Waals surface area contributed by atoms with Crippen molar-refractivity contribution >= 4 is 35.3 Å². The summed E-state index contributed by atoms with van der Waals surface area (Å²) >= 11 is 0. The first-order chi connectivity index (χ1) is 14.3. The molecule has 2 aromatic rings. The van der Waals surface area contributed by atoms with Crippen LogP contribution >= 0.6 is 0 Å². The Kier molecular flexibility index (Phi) is 10.4. The number of benzene rings is 2. The summed E-state index contributed by atoms with van der Waals surface area (Å²) in [6.45, 7) is 0. The van der Waals surface area contributed by atoms with E-state index in [2.05, 4.69) is 0 Å². The van der Waals surface area contributed by atoms with Crippen LogP contribution in [-0.4, -0.2) is 50.4 Å². The molecule has 0 radical (unpaired) electrons. The second-order valence-electron chi connectivity index (χ2n) is 6.56. The maximum absolute atomic E-state index is 10.8. The van der Waals surface area contributed by atoms with Crippen molar-refractivity contribution in [3.8, 4) is 0 Å². The number of amides is 2. The molecule has 2 rings (SSSR count). The summed E-state index contributed by atoms with van der Waals surface area (Å²) in [5.74, 6) is -1.08. The van der Waals surface area contributed by atoms with Gasteiger partial charge in [-0.3, -0.25) is 20.0 Å². The van der Waals surface area contributed by atoms with E-state index in [0.29, 0.717) is 0 Å². The Hall–Kier alpha value is -3.62. The SMILES string of the molecule is CN(C)c1cccc(/C=C/C(=O)NO)c1.CN(C)c1ccccc1/C=C/C(=O)NO. The van der Waals surface area contributed by atoms with Crippen LogP contribution in [0, 0.1) is 0 Å². The lowest BCUT2D eigenvalue weighted by Gasteiger charge is -2.15. The molecule has 0 aliphatic rings. The fraction of sp³-hybridized carbons (Fsp3) is 0.182. The van der Waals surface area contributed by atoms with Gasteiger partial charge in [-0.25, -0.2) is 11.0 Å². The number of rotatable bonds is 6. The highest BCUT2D eigenvalue weighted by Crippen LogP contribution is 2.19. The number of carbonyl (C=O) groups excluding carboxylic acids is 2. The number of hydroxylamine groups is 2. The standard InChI is InChI=1S/2C11H14N2O2/c1-13(2)10-5-3-4-9(8-10)6-7-11(14)12-15;1-13(2)10-6-4-3-5-9(10)7-8-11(14)12-15/h2*3-8,15H,1-2H3,(H,12,14)/b7-6+;8-7+. The van der Waals surface area contributed by atoms with E-state index in [9.17, 15) is 9.59 Å². The molecule has 0 spiro atoms. The molecule has 8 nitrogen and oxygen atoms in total. The van der Waals surface area contributed by atoms with Crippen molar-refractivity contribution in [3.63, 3.8) is 0 Å². The molecule has 4 N–H and O–H groups in total. The first-order valence-corrected chi connectivity index (χ1v) is 9.06. The highest BCUT2D eigenvalue weighted by atomic mass is 16.5. The first-order valence-electron chi connectivity index (χ1n) is 9.06.